The average Bonchev–Trinajstić information content (AvgIpc) is 3.48. The van der Waals surface area contributed by atoms with Gasteiger partial charge in [0.1, 0.15) is 0 Å². The van der Waals surface area contributed by atoms with Crippen LogP contribution in [0.25, 0.3) is 0 Å². The molecule has 122 valence electrons. The van der Waals surface area contributed by atoms with Crippen molar-refractivity contribution in [3.8, 4) is 0 Å². The van der Waals surface area contributed by atoms with Crippen LogP contribution >= 0.6 is 0 Å². The normalized spacial score (nSPS) is 25.4. The Morgan fingerprint density at radius 3 is 2.48 bits per heavy atom. The van der Waals surface area contributed by atoms with E-state index in [1.165, 1.54) is 12.8 Å². The molecule has 1 aromatic carbocycles. The van der Waals surface area contributed by atoms with Crippen LogP contribution in [0.1, 0.15) is 48.0 Å². The minimum absolute atomic E-state index is 0.326. The summed E-state index contributed by atoms with van der Waals surface area (Å²) in [6, 6.07) is 7.28. The highest BCUT2D eigenvalue weighted by Gasteiger charge is 2.66. The number of benzene rings is 1. The van der Waals surface area contributed by atoms with Crippen LogP contribution in [-0.2, 0) is 11.2 Å². The zero-order valence-corrected chi connectivity index (χ0v) is 13.3. The van der Waals surface area contributed by atoms with Gasteiger partial charge in [-0.3, -0.25) is 4.79 Å². The molecule has 1 spiro atoms. The average molecular weight is 313 g/mol. The molecule has 0 aromatic heterocycles. The number of amides is 1. The fourth-order valence-electron chi connectivity index (χ4n) is 4.21. The number of piperidine rings is 1. The largest absolute Gasteiger partial charge is 0.478 e. The number of carboxylic acid groups (broad SMARTS) is 1. The van der Waals surface area contributed by atoms with Crippen molar-refractivity contribution in [1.82, 2.24) is 4.90 Å². The van der Waals surface area contributed by atoms with E-state index in [0.29, 0.717) is 28.7 Å². The van der Waals surface area contributed by atoms with Crippen molar-refractivity contribution < 1.29 is 14.7 Å². The molecule has 1 amide bonds. The Balaban J connectivity index is 1.33. The van der Waals surface area contributed by atoms with Crippen molar-refractivity contribution >= 4 is 11.9 Å². The maximum atomic E-state index is 12.5. The van der Waals surface area contributed by atoms with E-state index in [2.05, 4.69) is 4.90 Å². The zero-order valence-electron chi connectivity index (χ0n) is 13.3. The number of hydrogen-bond acceptors (Lipinski definition) is 2. The second-order valence-electron chi connectivity index (χ2n) is 7.55. The summed E-state index contributed by atoms with van der Waals surface area (Å²) >= 11 is 0. The Kier molecular flexibility index (Phi) is 3.43. The lowest BCUT2D eigenvalue weighted by atomic mass is 9.88. The first-order valence-electron chi connectivity index (χ1n) is 8.69. The van der Waals surface area contributed by atoms with Gasteiger partial charge < -0.3 is 10.0 Å². The Bertz CT molecular complexity index is 642. The minimum atomic E-state index is -0.850. The number of nitrogens with zero attached hydrogens (tertiary/aromatic N) is 1. The molecule has 1 aromatic rings. The molecule has 2 aliphatic carbocycles. The number of carbonyl (C=O) groups excluding carboxylic acids is 1. The van der Waals surface area contributed by atoms with Gasteiger partial charge in [0.25, 0.3) is 0 Å². The van der Waals surface area contributed by atoms with E-state index < -0.39 is 5.97 Å². The number of hydrogen-bond donors (Lipinski definition) is 1. The number of rotatable bonds is 4. The van der Waals surface area contributed by atoms with Crippen molar-refractivity contribution in [2.45, 2.75) is 38.5 Å². The van der Waals surface area contributed by atoms with Gasteiger partial charge in [0.05, 0.1) is 5.56 Å². The van der Waals surface area contributed by atoms with Crippen LogP contribution in [0, 0.1) is 17.3 Å². The van der Waals surface area contributed by atoms with E-state index in [4.69, 9.17) is 0 Å². The van der Waals surface area contributed by atoms with Gasteiger partial charge in [-0.2, -0.15) is 0 Å². The summed E-state index contributed by atoms with van der Waals surface area (Å²) < 4.78 is 0. The molecular weight excluding hydrogens is 290 g/mol. The van der Waals surface area contributed by atoms with E-state index in [1.54, 1.807) is 12.1 Å². The van der Waals surface area contributed by atoms with Crippen LogP contribution in [0.5, 0.6) is 0 Å². The Labute approximate surface area is 136 Å². The molecular formula is C19H23NO3. The van der Waals surface area contributed by atoms with Gasteiger partial charge in [-0.1, -0.05) is 18.2 Å². The fraction of sp³-hybridized carbons (Fsp3) is 0.579. The van der Waals surface area contributed by atoms with Gasteiger partial charge in [0.15, 0.2) is 0 Å². The second kappa shape index (κ2) is 5.36. The highest BCUT2D eigenvalue weighted by Crippen LogP contribution is 2.71. The molecule has 4 nitrogen and oxygen atoms in total. The van der Waals surface area contributed by atoms with Crippen molar-refractivity contribution in [2.24, 2.45) is 17.3 Å². The molecule has 3 aliphatic rings. The molecule has 23 heavy (non-hydrogen) atoms. The zero-order chi connectivity index (χ0) is 16.0. The smallest absolute Gasteiger partial charge is 0.335 e. The monoisotopic (exact) mass is 313 g/mol. The van der Waals surface area contributed by atoms with Gasteiger partial charge in [-0.05, 0) is 61.5 Å². The van der Waals surface area contributed by atoms with E-state index >= 15 is 0 Å². The van der Waals surface area contributed by atoms with E-state index in [9.17, 15) is 14.7 Å². The lowest BCUT2D eigenvalue weighted by molar-refractivity contribution is -0.134. The van der Waals surface area contributed by atoms with Crippen molar-refractivity contribution in [1.29, 1.82) is 0 Å². The van der Waals surface area contributed by atoms with Gasteiger partial charge in [-0.15, -0.1) is 0 Å². The topological polar surface area (TPSA) is 57.6 Å². The van der Waals surface area contributed by atoms with Gasteiger partial charge in [0.2, 0.25) is 5.91 Å². The van der Waals surface area contributed by atoms with Crippen LogP contribution in [-0.4, -0.2) is 35.0 Å². The van der Waals surface area contributed by atoms with Crippen LogP contribution in [0.3, 0.4) is 0 Å². The van der Waals surface area contributed by atoms with E-state index in [0.717, 1.165) is 44.3 Å². The molecule has 0 radical (unpaired) electrons. The third kappa shape index (κ3) is 2.75. The third-order valence-corrected chi connectivity index (χ3v) is 6.06. The molecule has 1 saturated heterocycles. The summed E-state index contributed by atoms with van der Waals surface area (Å²) in [4.78, 5) is 25.8. The van der Waals surface area contributed by atoms with Crippen LogP contribution in [0.4, 0.5) is 0 Å². The van der Waals surface area contributed by atoms with Crippen molar-refractivity contribution in [2.75, 3.05) is 13.1 Å². The Morgan fingerprint density at radius 1 is 1.17 bits per heavy atom. The SMILES string of the molecule is O=C(O)c1ccccc1CC1CCN(C(=O)C2CC23CC3)CC1. The first-order chi connectivity index (χ1) is 11.1. The van der Waals surface area contributed by atoms with Gasteiger partial charge in [-0.25, -0.2) is 4.79 Å². The second-order valence-corrected chi connectivity index (χ2v) is 7.55. The minimum Gasteiger partial charge on any atom is -0.478 e. The number of likely N-dealkylation sites (tertiary alicyclic amines) is 1. The molecule has 2 saturated carbocycles. The van der Waals surface area contributed by atoms with Gasteiger partial charge in [0, 0.05) is 19.0 Å². The number of carbonyl (C=O) groups is 2. The predicted molar refractivity (Wildman–Crippen MR) is 86.2 cm³/mol. The van der Waals surface area contributed by atoms with Crippen molar-refractivity contribution in [3.05, 3.63) is 35.4 Å². The van der Waals surface area contributed by atoms with E-state index in [1.807, 2.05) is 12.1 Å². The fourth-order valence-corrected chi connectivity index (χ4v) is 4.21. The summed E-state index contributed by atoms with van der Waals surface area (Å²) in [6.45, 7) is 1.68. The summed E-state index contributed by atoms with van der Waals surface area (Å²) in [5, 5.41) is 9.28. The van der Waals surface area contributed by atoms with E-state index in [-0.39, 0.29) is 0 Å². The first kappa shape index (κ1) is 14.7. The quantitative estimate of drug-likeness (QED) is 0.929. The third-order valence-electron chi connectivity index (χ3n) is 6.06. The molecule has 3 fully saturated rings. The number of aromatic carboxylic acids is 1. The lowest BCUT2D eigenvalue weighted by Gasteiger charge is -2.32. The van der Waals surface area contributed by atoms with Crippen LogP contribution in [0.2, 0.25) is 0 Å². The number of carboxylic acids is 1. The Hall–Kier alpha value is -1.84. The summed E-state index contributed by atoms with van der Waals surface area (Å²) in [5.74, 6) is 0.337. The summed E-state index contributed by atoms with van der Waals surface area (Å²) in [6.07, 6.45) is 6.41. The molecule has 4 rings (SSSR count). The lowest BCUT2D eigenvalue weighted by Crippen LogP contribution is -2.40. The van der Waals surface area contributed by atoms with Crippen LogP contribution in [0.15, 0.2) is 24.3 Å². The highest BCUT2D eigenvalue weighted by atomic mass is 16.4. The molecule has 1 atom stereocenters. The summed E-state index contributed by atoms with van der Waals surface area (Å²) in [7, 11) is 0. The molecule has 0 bridgehead atoms. The molecule has 1 N–H and O–H groups in total. The van der Waals surface area contributed by atoms with Crippen LogP contribution < -0.4 is 0 Å². The molecule has 1 unspecified atom stereocenters. The molecule has 4 heteroatoms. The maximum Gasteiger partial charge on any atom is 0.335 e. The molecule has 1 heterocycles. The van der Waals surface area contributed by atoms with Gasteiger partial charge >= 0.3 is 5.97 Å². The first-order valence-corrected chi connectivity index (χ1v) is 8.69. The predicted octanol–water partition coefficient (Wildman–Crippen LogP) is 2.97. The maximum absolute atomic E-state index is 12.5. The van der Waals surface area contributed by atoms with Crippen molar-refractivity contribution in [3.63, 3.8) is 0 Å². The molecule has 1 aliphatic heterocycles. The standard InChI is InChI=1S/C19H23NO3/c21-17(16-12-19(16)7-8-19)20-9-5-13(6-10-20)11-14-3-1-2-4-15(14)18(22)23/h1-4,13,16H,5-12H2,(H,22,23). The highest BCUT2D eigenvalue weighted by molar-refractivity contribution is 5.89. The summed E-state index contributed by atoms with van der Waals surface area (Å²) in [5.41, 5.74) is 1.78. The Morgan fingerprint density at radius 2 is 1.87 bits per heavy atom.